The standard InChI is InChI=1S/C12H16N6OS2.Cu/c1-13-11(20)17-15-7-10(16-18-12(21)14-2)8-3-5-9(19)6-4-8;/h3-7H,1-2H3,(H5,13,14,15,16,17,18,19,20,21);. The van der Waals surface area contributed by atoms with Gasteiger partial charge >= 0.3 is 5.11 Å². The normalized spacial score (nSPS) is 10.9. The predicted octanol–water partition coefficient (Wildman–Crippen LogP) is -1.42. The summed E-state index contributed by atoms with van der Waals surface area (Å²) in [5.41, 5.74) is 7.70. The summed E-state index contributed by atoms with van der Waals surface area (Å²) in [6.07, 6.45) is 1.47. The molecule has 123 valence electrons. The van der Waals surface area contributed by atoms with Gasteiger partial charge in [0.1, 0.15) is 0 Å². The second-order valence-corrected chi connectivity index (χ2v) is 4.52. The molecule has 0 bridgehead atoms. The third-order valence-corrected chi connectivity index (χ3v) is 2.86. The Hall–Kier alpha value is -1.42. The van der Waals surface area contributed by atoms with Crippen LogP contribution in [0.5, 0.6) is 5.75 Å². The number of rotatable bonds is 4. The molecule has 0 fully saturated rings. The number of nitrogens with zero attached hydrogens (tertiary/aromatic N) is 3. The maximum Gasteiger partial charge on any atom is 0.358 e. The van der Waals surface area contributed by atoms with Crippen LogP contribution in [0.1, 0.15) is 5.56 Å². The van der Waals surface area contributed by atoms with Crippen LogP contribution in [0.25, 0.3) is 5.43 Å². The van der Waals surface area contributed by atoms with Crippen LogP contribution in [0.15, 0.2) is 34.5 Å². The van der Waals surface area contributed by atoms with Crippen LogP contribution in [0, 0.1) is 0 Å². The van der Waals surface area contributed by atoms with E-state index in [-0.39, 0.29) is 22.8 Å². The number of hydrogen-bond donors (Lipinski definition) is 3. The number of hydrazone groups is 1. The van der Waals surface area contributed by atoms with E-state index in [0.29, 0.717) is 21.5 Å². The third kappa shape index (κ3) is 7.55. The van der Waals surface area contributed by atoms with Crippen LogP contribution in [-0.4, -0.2) is 36.2 Å². The molecular formula is C12H16CuN6OS2. The molecule has 1 aromatic rings. The van der Waals surface area contributed by atoms with E-state index in [1.807, 2.05) is 0 Å². The Balaban J connectivity index is 0.00000441. The van der Waals surface area contributed by atoms with Gasteiger partial charge < -0.3 is 15.6 Å². The molecule has 1 aromatic carbocycles. The molecule has 0 saturated heterocycles. The van der Waals surface area contributed by atoms with Crippen LogP contribution in [-0.2, 0) is 41.5 Å². The van der Waals surface area contributed by atoms with Crippen LogP contribution >= 0.6 is 0 Å². The van der Waals surface area contributed by atoms with E-state index in [1.165, 1.54) is 18.3 Å². The average molecular weight is 388 g/mol. The van der Waals surface area contributed by atoms with Crippen LogP contribution < -0.4 is 21.2 Å². The van der Waals surface area contributed by atoms with Gasteiger partial charge in [0.15, 0.2) is 17.3 Å². The minimum absolute atomic E-state index is 0. The molecule has 0 unspecified atom stereocenters. The topological polar surface area (TPSA) is 98.0 Å². The maximum atomic E-state index is 11.1. The van der Waals surface area contributed by atoms with Gasteiger partial charge in [-0.3, -0.25) is 5.32 Å². The van der Waals surface area contributed by atoms with Gasteiger partial charge in [0.25, 0.3) is 0 Å². The second kappa shape index (κ2) is 11.2. The third-order valence-electron chi connectivity index (χ3n) is 2.22. The zero-order valence-electron chi connectivity index (χ0n) is 11.8. The van der Waals surface area contributed by atoms with Gasteiger partial charge in [0.2, 0.25) is 12.2 Å². The predicted molar refractivity (Wildman–Crippen MR) is 93.1 cm³/mol. The summed E-state index contributed by atoms with van der Waals surface area (Å²) in [6.45, 7) is 0. The van der Waals surface area contributed by atoms with Gasteiger partial charge in [-0.2, -0.15) is 5.10 Å². The summed E-state index contributed by atoms with van der Waals surface area (Å²) in [5.74, 6) is -0.0806. The summed E-state index contributed by atoms with van der Waals surface area (Å²) in [5, 5.41) is 25.5. The Labute approximate surface area is 150 Å². The molecule has 3 N–H and O–H groups in total. The number of benzene rings is 1. The molecule has 22 heavy (non-hydrogen) atoms. The summed E-state index contributed by atoms with van der Waals surface area (Å²) in [6, 6.07) is 6.17. The Bertz CT molecular complexity index is 561. The maximum absolute atomic E-state index is 11.1. The summed E-state index contributed by atoms with van der Waals surface area (Å²) in [7, 11) is 3.38. The molecule has 0 saturated carbocycles. The number of thiol groups is 2. The Morgan fingerprint density at radius 3 is 2.36 bits per heavy atom. The Morgan fingerprint density at radius 2 is 1.82 bits per heavy atom. The number of hydrogen-bond acceptors (Lipinski definition) is 3. The Morgan fingerprint density at radius 1 is 1.18 bits per heavy atom. The van der Waals surface area contributed by atoms with Crippen molar-refractivity contribution in [2.75, 3.05) is 14.1 Å². The first kappa shape index (κ1) is 20.6. The van der Waals surface area contributed by atoms with Crippen molar-refractivity contribution in [1.82, 2.24) is 16.1 Å². The largest absolute Gasteiger partial charge is 0.872 e. The molecule has 1 rings (SSSR count). The van der Waals surface area contributed by atoms with Crippen molar-refractivity contribution >= 4 is 46.6 Å². The molecule has 0 heterocycles. The first-order valence-electron chi connectivity index (χ1n) is 5.89. The fraction of sp³-hybridized carbons (Fsp3) is 0.167. The zero-order valence-corrected chi connectivity index (χ0v) is 14.6. The van der Waals surface area contributed by atoms with Crippen molar-refractivity contribution in [2.24, 2.45) is 10.2 Å². The van der Waals surface area contributed by atoms with Crippen LogP contribution in [0.4, 0.5) is 0 Å². The smallest absolute Gasteiger partial charge is 0.358 e. The van der Waals surface area contributed by atoms with Crippen molar-refractivity contribution in [3.63, 3.8) is 0 Å². The van der Waals surface area contributed by atoms with Crippen LogP contribution in [0.2, 0.25) is 0 Å². The second-order valence-electron chi connectivity index (χ2n) is 3.65. The summed E-state index contributed by atoms with van der Waals surface area (Å²) < 4.78 is 0. The molecule has 10 heteroatoms. The number of nitrogens with one attached hydrogen (secondary N) is 3. The quantitative estimate of drug-likeness (QED) is 0.147. The van der Waals surface area contributed by atoms with Crippen LogP contribution in [0.3, 0.4) is 0 Å². The SMILES string of the molecule is CNC(=[SH+])[N-]N=C(C=NNC(=[SH+])NC)c1ccc([O-])cc1.[Cu]. The van der Waals surface area contributed by atoms with E-state index in [2.05, 4.69) is 56.1 Å². The molecule has 0 aliphatic heterocycles. The minimum Gasteiger partial charge on any atom is -0.872 e. The molecule has 0 spiro atoms. The van der Waals surface area contributed by atoms with E-state index < -0.39 is 0 Å². The summed E-state index contributed by atoms with van der Waals surface area (Å²) >= 11 is 8.15. The van der Waals surface area contributed by atoms with Gasteiger partial charge in [0, 0.05) is 17.1 Å². The first-order valence-corrected chi connectivity index (χ1v) is 6.78. The minimum atomic E-state index is -0.0806. The van der Waals surface area contributed by atoms with Crippen molar-refractivity contribution in [1.29, 1.82) is 0 Å². The van der Waals surface area contributed by atoms with Crippen molar-refractivity contribution in [3.8, 4) is 5.75 Å². The molecule has 0 aromatic heterocycles. The molecule has 1 radical (unpaired) electrons. The van der Waals surface area contributed by atoms with E-state index in [9.17, 15) is 5.11 Å². The molecule has 0 aliphatic rings. The van der Waals surface area contributed by atoms with Gasteiger partial charge in [-0.05, 0) is 19.7 Å². The van der Waals surface area contributed by atoms with E-state index in [0.717, 1.165) is 0 Å². The molecular weight excluding hydrogens is 372 g/mol. The molecule has 0 atom stereocenters. The van der Waals surface area contributed by atoms with E-state index >= 15 is 0 Å². The fourth-order valence-corrected chi connectivity index (χ4v) is 1.25. The van der Waals surface area contributed by atoms with Crippen molar-refractivity contribution in [2.45, 2.75) is 0 Å². The van der Waals surface area contributed by atoms with Crippen molar-refractivity contribution < 1.29 is 22.2 Å². The summed E-state index contributed by atoms with van der Waals surface area (Å²) in [4.78, 5) is 0. The van der Waals surface area contributed by atoms with Crippen molar-refractivity contribution in [3.05, 3.63) is 35.3 Å². The van der Waals surface area contributed by atoms with Gasteiger partial charge in [-0.1, -0.05) is 24.3 Å². The van der Waals surface area contributed by atoms with E-state index in [1.54, 1.807) is 26.2 Å². The molecule has 7 nitrogen and oxygen atoms in total. The fourth-order valence-electron chi connectivity index (χ4n) is 1.15. The first-order chi connectivity index (χ1) is 10.1. The average Bonchev–Trinajstić information content (AvgIpc) is 2.50. The molecule has 0 amide bonds. The van der Waals surface area contributed by atoms with Gasteiger partial charge in [-0.25, -0.2) is 10.7 Å². The van der Waals surface area contributed by atoms with E-state index in [4.69, 9.17) is 0 Å². The van der Waals surface area contributed by atoms with Gasteiger partial charge in [-0.15, -0.1) is 5.75 Å². The monoisotopic (exact) mass is 387 g/mol. The molecule has 0 aliphatic carbocycles. The zero-order chi connectivity index (χ0) is 15.7. The van der Waals surface area contributed by atoms with Gasteiger partial charge in [0.05, 0.1) is 11.9 Å². The Kier molecular flexibility index (Phi) is 10.5.